The smallest absolute Gasteiger partial charge is 0.0857 e. The van der Waals surface area contributed by atoms with E-state index < -0.39 is 5.60 Å². The lowest BCUT2D eigenvalue weighted by Gasteiger charge is -2.50. The second-order valence-corrected chi connectivity index (χ2v) is 5.86. The first-order valence-electron chi connectivity index (χ1n) is 6.77. The van der Waals surface area contributed by atoms with E-state index in [2.05, 4.69) is 12.2 Å². The highest BCUT2D eigenvalue weighted by atomic mass is 16.5. The van der Waals surface area contributed by atoms with Gasteiger partial charge in [0.2, 0.25) is 0 Å². The van der Waals surface area contributed by atoms with Crippen LogP contribution in [0.4, 0.5) is 0 Å². The lowest BCUT2D eigenvalue weighted by Crippen LogP contribution is -2.51. The molecule has 1 saturated heterocycles. The van der Waals surface area contributed by atoms with Crippen LogP contribution >= 0.6 is 0 Å². The first-order valence-corrected chi connectivity index (χ1v) is 6.77. The minimum atomic E-state index is -0.523. The summed E-state index contributed by atoms with van der Waals surface area (Å²) >= 11 is 0. The van der Waals surface area contributed by atoms with Crippen LogP contribution in [0, 0.1) is 5.92 Å². The van der Waals surface area contributed by atoms with E-state index >= 15 is 0 Å². The third-order valence-electron chi connectivity index (χ3n) is 4.82. The van der Waals surface area contributed by atoms with Crippen LogP contribution in [0.15, 0.2) is 12.2 Å². The molecule has 2 nitrogen and oxygen atoms in total. The van der Waals surface area contributed by atoms with Gasteiger partial charge in [-0.3, -0.25) is 0 Å². The Hall–Kier alpha value is -0.340. The number of aliphatic hydroxyl groups is 1. The Balaban J connectivity index is 1.73. The van der Waals surface area contributed by atoms with Crippen molar-refractivity contribution in [2.75, 3.05) is 6.61 Å². The second kappa shape index (κ2) is 3.85. The van der Waals surface area contributed by atoms with E-state index in [1.54, 1.807) is 0 Å². The van der Waals surface area contributed by atoms with Gasteiger partial charge >= 0.3 is 0 Å². The van der Waals surface area contributed by atoms with Crippen LogP contribution in [0.1, 0.15) is 51.4 Å². The van der Waals surface area contributed by atoms with Crippen molar-refractivity contribution in [2.24, 2.45) is 5.92 Å². The summed E-state index contributed by atoms with van der Waals surface area (Å²) in [5, 5.41) is 10.7. The summed E-state index contributed by atoms with van der Waals surface area (Å²) in [7, 11) is 0. The molecule has 2 fully saturated rings. The zero-order chi connectivity index (χ0) is 11.1. The molecule has 3 aliphatic rings. The maximum absolute atomic E-state index is 10.7. The molecule has 0 aromatic heterocycles. The molecule has 0 bridgehead atoms. The molecule has 0 aromatic carbocycles. The van der Waals surface area contributed by atoms with Gasteiger partial charge in [-0.05, 0) is 57.3 Å². The van der Waals surface area contributed by atoms with Crippen molar-refractivity contribution in [2.45, 2.75) is 62.6 Å². The van der Waals surface area contributed by atoms with E-state index in [4.69, 9.17) is 4.74 Å². The largest absolute Gasteiger partial charge is 0.386 e. The van der Waals surface area contributed by atoms with Gasteiger partial charge in [-0.1, -0.05) is 12.2 Å². The van der Waals surface area contributed by atoms with E-state index in [9.17, 15) is 5.11 Å². The average molecular weight is 222 g/mol. The predicted octanol–water partition coefficient (Wildman–Crippen LogP) is 2.81. The standard InChI is InChI=1S/C14H22O2/c15-14(8-2-1-3-9-14)12-5-10-16-13(11-12)6-4-7-13/h2,8,12,15H,1,3-7,9-11H2. The molecule has 2 unspecified atom stereocenters. The van der Waals surface area contributed by atoms with Crippen molar-refractivity contribution in [1.29, 1.82) is 0 Å². The van der Waals surface area contributed by atoms with Crippen LogP contribution in [-0.2, 0) is 4.74 Å². The van der Waals surface area contributed by atoms with E-state index in [-0.39, 0.29) is 5.60 Å². The second-order valence-electron chi connectivity index (χ2n) is 5.86. The predicted molar refractivity (Wildman–Crippen MR) is 63.2 cm³/mol. The molecule has 2 atom stereocenters. The lowest BCUT2D eigenvalue weighted by atomic mass is 9.66. The van der Waals surface area contributed by atoms with Gasteiger partial charge in [0.05, 0.1) is 11.2 Å². The Bertz CT molecular complexity index is 293. The van der Waals surface area contributed by atoms with Crippen LogP contribution in [-0.4, -0.2) is 22.9 Å². The highest BCUT2D eigenvalue weighted by Gasteiger charge is 2.47. The molecule has 1 aliphatic heterocycles. The Morgan fingerprint density at radius 2 is 2.06 bits per heavy atom. The van der Waals surface area contributed by atoms with E-state index in [1.807, 2.05) is 0 Å². The molecule has 1 saturated carbocycles. The average Bonchev–Trinajstić information content (AvgIpc) is 2.28. The topological polar surface area (TPSA) is 29.5 Å². The summed E-state index contributed by atoms with van der Waals surface area (Å²) in [6.45, 7) is 0.848. The third kappa shape index (κ3) is 1.72. The monoisotopic (exact) mass is 222 g/mol. The molecular formula is C14H22O2. The van der Waals surface area contributed by atoms with E-state index in [1.165, 1.54) is 19.3 Å². The summed E-state index contributed by atoms with van der Waals surface area (Å²) in [6.07, 6.45) is 13.3. The summed E-state index contributed by atoms with van der Waals surface area (Å²) in [5.41, 5.74) is -0.367. The Morgan fingerprint density at radius 3 is 2.69 bits per heavy atom. The number of allylic oxidation sites excluding steroid dienone is 1. The highest BCUT2D eigenvalue weighted by molar-refractivity contribution is 5.10. The van der Waals surface area contributed by atoms with Crippen LogP contribution in [0.5, 0.6) is 0 Å². The maximum atomic E-state index is 10.7. The number of ether oxygens (including phenoxy) is 1. The molecule has 2 heteroatoms. The number of hydrogen-bond acceptors (Lipinski definition) is 2. The highest BCUT2D eigenvalue weighted by Crippen LogP contribution is 2.48. The lowest BCUT2D eigenvalue weighted by molar-refractivity contribution is -0.168. The van der Waals surface area contributed by atoms with Crippen molar-refractivity contribution in [3.63, 3.8) is 0 Å². The van der Waals surface area contributed by atoms with Crippen molar-refractivity contribution >= 4 is 0 Å². The quantitative estimate of drug-likeness (QED) is 0.691. The normalized spacial score (nSPS) is 41.9. The summed E-state index contributed by atoms with van der Waals surface area (Å²) in [5.74, 6) is 0.429. The Labute approximate surface area is 97.7 Å². The van der Waals surface area contributed by atoms with Crippen LogP contribution in [0.2, 0.25) is 0 Å². The van der Waals surface area contributed by atoms with Gasteiger partial charge in [0.25, 0.3) is 0 Å². The number of rotatable bonds is 1. The fourth-order valence-electron chi connectivity index (χ4n) is 3.59. The van der Waals surface area contributed by atoms with Crippen LogP contribution in [0.3, 0.4) is 0 Å². The molecule has 1 N–H and O–H groups in total. The third-order valence-corrected chi connectivity index (χ3v) is 4.82. The van der Waals surface area contributed by atoms with Crippen LogP contribution in [0.25, 0.3) is 0 Å². The fraction of sp³-hybridized carbons (Fsp3) is 0.857. The molecule has 1 heterocycles. The Morgan fingerprint density at radius 1 is 1.19 bits per heavy atom. The Kier molecular flexibility index (Phi) is 2.60. The molecule has 16 heavy (non-hydrogen) atoms. The SMILES string of the molecule is OC1(C2CCOC3(CCC3)C2)C=CCCC1. The van der Waals surface area contributed by atoms with Crippen molar-refractivity contribution in [3.05, 3.63) is 12.2 Å². The number of hydrogen-bond donors (Lipinski definition) is 1. The van der Waals surface area contributed by atoms with E-state index in [0.29, 0.717) is 5.92 Å². The zero-order valence-corrected chi connectivity index (χ0v) is 9.95. The fourth-order valence-corrected chi connectivity index (χ4v) is 3.59. The molecule has 2 aliphatic carbocycles. The van der Waals surface area contributed by atoms with Gasteiger partial charge in [-0.25, -0.2) is 0 Å². The molecule has 0 radical (unpaired) electrons. The molecule has 0 amide bonds. The van der Waals surface area contributed by atoms with Gasteiger partial charge in [0, 0.05) is 6.61 Å². The van der Waals surface area contributed by atoms with Crippen molar-refractivity contribution < 1.29 is 9.84 Å². The van der Waals surface area contributed by atoms with Gasteiger partial charge in [0.1, 0.15) is 0 Å². The molecular weight excluding hydrogens is 200 g/mol. The summed E-state index contributed by atoms with van der Waals surface area (Å²) in [6, 6.07) is 0. The molecule has 1 spiro atoms. The first-order chi connectivity index (χ1) is 7.73. The van der Waals surface area contributed by atoms with Gasteiger partial charge in [0.15, 0.2) is 0 Å². The van der Waals surface area contributed by atoms with Gasteiger partial charge in [-0.15, -0.1) is 0 Å². The van der Waals surface area contributed by atoms with Crippen molar-refractivity contribution in [1.82, 2.24) is 0 Å². The molecule has 0 aromatic rings. The van der Waals surface area contributed by atoms with Gasteiger partial charge in [-0.2, -0.15) is 0 Å². The van der Waals surface area contributed by atoms with Gasteiger partial charge < -0.3 is 9.84 Å². The zero-order valence-electron chi connectivity index (χ0n) is 9.95. The summed E-state index contributed by atoms with van der Waals surface area (Å²) in [4.78, 5) is 0. The summed E-state index contributed by atoms with van der Waals surface area (Å²) < 4.78 is 5.93. The van der Waals surface area contributed by atoms with Crippen LogP contribution < -0.4 is 0 Å². The maximum Gasteiger partial charge on any atom is 0.0857 e. The van der Waals surface area contributed by atoms with E-state index in [0.717, 1.165) is 38.7 Å². The molecule has 3 rings (SSSR count). The van der Waals surface area contributed by atoms with Crippen molar-refractivity contribution in [3.8, 4) is 0 Å². The molecule has 90 valence electrons. The minimum absolute atomic E-state index is 0.157. The minimum Gasteiger partial charge on any atom is -0.386 e. The first kappa shape index (κ1) is 10.8.